The number of methoxy groups -OCH3 is 2. The maximum Gasteiger partial charge on any atom is 0.355 e. The second-order valence-electron chi connectivity index (χ2n) is 5.23. The van der Waals surface area contributed by atoms with Crippen LogP contribution in [0.5, 0.6) is 0 Å². The minimum Gasteiger partial charge on any atom is -0.466 e. The van der Waals surface area contributed by atoms with Gasteiger partial charge in [-0.15, -0.1) is 0 Å². The quantitative estimate of drug-likeness (QED) is 0.775. The molecule has 0 saturated heterocycles. The van der Waals surface area contributed by atoms with Gasteiger partial charge in [-0.1, -0.05) is 12.1 Å². The summed E-state index contributed by atoms with van der Waals surface area (Å²) in [6.45, 7) is 0.0758. The number of rotatable bonds is 3. The average Bonchev–Trinajstić information content (AvgIpc) is 2.99. The van der Waals surface area contributed by atoms with Gasteiger partial charge in [0.05, 0.1) is 32.1 Å². The molecule has 0 amide bonds. The van der Waals surface area contributed by atoms with Gasteiger partial charge in [0.2, 0.25) is 0 Å². The second kappa shape index (κ2) is 6.32. The smallest absolute Gasteiger partial charge is 0.355 e. The summed E-state index contributed by atoms with van der Waals surface area (Å²) >= 11 is 0. The van der Waals surface area contributed by atoms with Crippen molar-refractivity contribution in [1.29, 1.82) is 0 Å². The fraction of sp³-hybridized carbons (Fsp3) is 0.312. The van der Waals surface area contributed by atoms with Crippen LogP contribution in [-0.4, -0.2) is 49.3 Å². The number of benzene rings is 1. The van der Waals surface area contributed by atoms with E-state index in [4.69, 9.17) is 14.2 Å². The molecule has 0 radical (unpaired) electrons. The number of aromatic nitrogens is 2. The Morgan fingerprint density at radius 3 is 2.67 bits per heavy atom. The van der Waals surface area contributed by atoms with Crippen molar-refractivity contribution in [2.45, 2.75) is 0 Å². The molecule has 1 aliphatic heterocycles. The Bertz CT molecular complexity index is 839. The van der Waals surface area contributed by atoms with Gasteiger partial charge in [0.15, 0.2) is 0 Å². The van der Waals surface area contributed by atoms with Crippen LogP contribution in [0.25, 0.3) is 10.9 Å². The van der Waals surface area contributed by atoms with Crippen LogP contribution in [0.2, 0.25) is 0 Å². The normalized spacial score (nSPS) is 14.9. The Kier molecular flexibility index (Phi) is 4.22. The standard InChI is InChI=1S/C16H17N3O5/c1-18-7-10-5-4-6-12(13(10)17-18)19-9-24-8-11(15(20)22-2)14(19)16(21)23-3/h4-7H,8-9H2,1-3H3. The van der Waals surface area contributed by atoms with Gasteiger partial charge >= 0.3 is 11.9 Å². The molecule has 1 aromatic heterocycles. The van der Waals surface area contributed by atoms with Crippen LogP contribution in [0.4, 0.5) is 5.69 Å². The van der Waals surface area contributed by atoms with Gasteiger partial charge < -0.3 is 19.1 Å². The summed E-state index contributed by atoms with van der Waals surface area (Å²) < 4.78 is 16.8. The third-order valence-electron chi connectivity index (χ3n) is 3.75. The van der Waals surface area contributed by atoms with Crippen molar-refractivity contribution in [3.05, 3.63) is 35.7 Å². The van der Waals surface area contributed by atoms with Crippen LogP contribution >= 0.6 is 0 Å². The van der Waals surface area contributed by atoms with Crippen LogP contribution in [0.1, 0.15) is 0 Å². The Hall–Kier alpha value is -2.87. The van der Waals surface area contributed by atoms with E-state index in [1.54, 1.807) is 9.58 Å². The predicted molar refractivity (Wildman–Crippen MR) is 85.1 cm³/mol. The van der Waals surface area contributed by atoms with Gasteiger partial charge in [-0.25, -0.2) is 9.59 Å². The van der Waals surface area contributed by atoms with Gasteiger partial charge in [0, 0.05) is 18.6 Å². The van der Waals surface area contributed by atoms with Crippen molar-refractivity contribution in [2.24, 2.45) is 7.05 Å². The third-order valence-corrected chi connectivity index (χ3v) is 3.75. The highest BCUT2D eigenvalue weighted by Crippen LogP contribution is 2.31. The molecule has 0 bridgehead atoms. The molecule has 0 atom stereocenters. The van der Waals surface area contributed by atoms with Crippen LogP contribution in [0.15, 0.2) is 35.7 Å². The summed E-state index contributed by atoms with van der Waals surface area (Å²) in [5.41, 5.74) is 1.56. The molecule has 0 saturated carbocycles. The molecule has 8 nitrogen and oxygen atoms in total. The van der Waals surface area contributed by atoms with Crippen molar-refractivity contribution in [3.63, 3.8) is 0 Å². The minimum absolute atomic E-state index is 0.0220. The molecular weight excluding hydrogens is 314 g/mol. The molecule has 1 aliphatic rings. The third kappa shape index (κ3) is 2.61. The van der Waals surface area contributed by atoms with Crippen molar-refractivity contribution >= 4 is 28.5 Å². The van der Waals surface area contributed by atoms with Crippen molar-refractivity contribution in [3.8, 4) is 0 Å². The topological polar surface area (TPSA) is 82.9 Å². The fourth-order valence-corrected chi connectivity index (χ4v) is 2.70. The molecule has 0 N–H and O–H groups in total. The number of carbonyl (C=O) groups is 2. The van der Waals surface area contributed by atoms with E-state index in [-0.39, 0.29) is 24.6 Å². The van der Waals surface area contributed by atoms with E-state index in [2.05, 4.69) is 5.10 Å². The summed E-state index contributed by atoms with van der Waals surface area (Å²) in [6, 6.07) is 5.57. The average molecular weight is 331 g/mol. The Morgan fingerprint density at radius 1 is 1.21 bits per heavy atom. The van der Waals surface area contributed by atoms with Crippen LogP contribution in [-0.2, 0) is 30.8 Å². The van der Waals surface area contributed by atoms with Gasteiger partial charge in [-0.3, -0.25) is 4.68 Å². The lowest BCUT2D eigenvalue weighted by molar-refractivity contribution is -0.140. The Balaban J connectivity index is 2.20. The van der Waals surface area contributed by atoms with E-state index in [0.29, 0.717) is 11.2 Å². The molecule has 0 aliphatic carbocycles. The van der Waals surface area contributed by atoms with Crippen LogP contribution in [0, 0.1) is 0 Å². The number of anilines is 1. The molecular formula is C16H17N3O5. The number of ether oxygens (including phenoxy) is 3. The van der Waals surface area contributed by atoms with E-state index in [9.17, 15) is 9.59 Å². The lowest BCUT2D eigenvalue weighted by atomic mass is 10.1. The van der Waals surface area contributed by atoms with Gasteiger partial charge in [-0.2, -0.15) is 5.10 Å². The molecule has 2 aromatic rings. The first-order chi connectivity index (χ1) is 11.6. The molecule has 126 valence electrons. The number of carbonyl (C=O) groups excluding carboxylic acids is 2. The van der Waals surface area contributed by atoms with Crippen molar-refractivity contribution in [2.75, 3.05) is 32.5 Å². The van der Waals surface area contributed by atoms with E-state index in [1.807, 2.05) is 31.4 Å². The highest BCUT2D eigenvalue weighted by Gasteiger charge is 2.33. The first-order valence-electron chi connectivity index (χ1n) is 7.24. The molecule has 3 rings (SSSR count). The number of esters is 2. The van der Waals surface area contributed by atoms with E-state index < -0.39 is 11.9 Å². The van der Waals surface area contributed by atoms with E-state index in [0.717, 1.165) is 5.39 Å². The zero-order chi connectivity index (χ0) is 17.3. The largest absolute Gasteiger partial charge is 0.466 e. The number of hydrogen-bond donors (Lipinski definition) is 0. The van der Waals surface area contributed by atoms with Crippen LogP contribution in [0.3, 0.4) is 0 Å². The van der Waals surface area contributed by atoms with Gasteiger partial charge in [-0.05, 0) is 6.07 Å². The van der Waals surface area contributed by atoms with Crippen molar-refractivity contribution in [1.82, 2.24) is 9.78 Å². The molecule has 8 heteroatoms. The number of fused-ring (bicyclic) bond motifs is 1. The van der Waals surface area contributed by atoms with Crippen molar-refractivity contribution < 1.29 is 23.8 Å². The first kappa shape index (κ1) is 16.0. The monoisotopic (exact) mass is 331 g/mol. The Labute approximate surface area is 138 Å². The van der Waals surface area contributed by atoms with Gasteiger partial charge in [0.25, 0.3) is 0 Å². The summed E-state index contributed by atoms with van der Waals surface area (Å²) in [5.74, 6) is -1.26. The summed E-state index contributed by atoms with van der Waals surface area (Å²) in [5, 5.41) is 5.33. The summed E-state index contributed by atoms with van der Waals surface area (Å²) in [4.78, 5) is 25.9. The highest BCUT2D eigenvalue weighted by molar-refractivity contribution is 6.05. The van der Waals surface area contributed by atoms with Gasteiger partial charge in [0.1, 0.15) is 17.9 Å². The molecule has 0 spiro atoms. The SMILES string of the molecule is COC(=O)C1=C(C(=O)OC)N(c2cccc3cn(C)nc23)COC1. The Morgan fingerprint density at radius 2 is 1.96 bits per heavy atom. The van der Waals surface area contributed by atoms with E-state index in [1.165, 1.54) is 14.2 Å². The lowest BCUT2D eigenvalue weighted by Crippen LogP contribution is -2.38. The molecule has 2 heterocycles. The maximum absolute atomic E-state index is 12.3. The highest BCUT2D eigenvalue weighted by atomic mass is 16.5. The van der Waals surface area contributed by atoms with E-state index >= 15 is 0 Å². The minimum atomic E-state index is -0.633. The number of aryl methyl sites for hydroxylation is 1. The zero-order valence-corrected chi connectivity index (χ0v) is 13.6. The maximum atomic E-state index is 12.3. The lowest BCUT2D eigenvalue weighted by Gasteiger charge is -2.31. The summed E-state index contributed by atoms with van der Waals surface area (Å²) in [7, 11) is 4.33. The first-order valence-corrected chi connectivity index (χ1v) is 7.24. The number of nitrogens with zero attached hydrogens (tertiary/aromatic N) is 3. The van der Waals surface area contributed by atoms with Crippen LogP contribution < -0.4 is 4.90 Å². The summed E-state index contributed by atoms with van der Waals surface area (Å²) in [6.07, 6.45) is 1.87. The molecule has 1 aromatic carbocycles. The zero-order valence-electron chi connectivity index (χ0n) is 13.6. The molecule has 24 heavy (non-hydrogen) atoms. The molecule has 0 unspecified atom stereocenters. The fourth-order valence-electron chi connectivity index (χ4n) is 2.70. The predicted octanol–water partition coefficient (Wildman–Crippen LogP) is 0.967. The second-order valence-corrected chi connectivity index (χ2v) is 5.23. The number of hydrogen-bond acceptors (Lipinski definition) is 7. The molecule has 0 fully saturated rings.